The molecule has 0 aliphatic carbocycles. The molecule has 1 N–H and O–H groups in total. The highest BCUT2D eigenvalue weighted by Gasteiger charge is 2.03. The quantitative estimate of drug-likeness (QED) is 0.597. The average molecular weight is 296 g/mol. The number of amides is 1. The number of fused-ring (bicyclic) bond motifs is 1. The molecule has 0 unspecified atom stereocenters. The predicted octanol–water partition coefficient (Wildman–Crippen LogP) is 2.76. The van der Waals surface area contributed by atoms with Crippen molar-refractivity contribution in [3.63, 3.8) is 0 Å². The molecule has 3 aromatic rings. The fourth-order valence-corrected chi connectivity index (χ4v) is 2.75. The van der Waals surface area contributed by atoms with E-state index in [1.807, 2.05) is 25.1 Å². The summed E-state index contributed by atoms with van der Waals surface area (Å²) in [6.45, 7) is 1.98. The lowest BCUT2D eigenvalue weighted by atomic mass is 10.2. The van der Waals surface area contributed by atoms with E-state index in [4.69, 9.17) is 0 Å². The zero-order chi connectivity index (χ0) is 14.7. The largest absolute Gasteiger partial charge is 0.271 e. The van der Waals surface area contributed by atoms with Crippen molar-refractivity contribution in [3.05, 3.63) is 58.9 Å². The maximum absolute atomic E-state index is 11.8. The number of nitrogens with one attached hydrogen (secondary N) is 1. The van der Waals surface area contributed by atoms with Crippen LogP contribution in [0.25, 0.3) is 10.2 Å². The molecule has 5 nitrogen and oxygen atoms in total. The Kier molecular flexibility index (Phi) is 3.70. The molecule has 0 saturated carbocycles. The van der Waals surface area contributed by atoms with Gasteiger partial charge in [0, 0.05) is 18.0 Å². The summed E-state index contributed by atoms with van der Waals surface area (Å²) in [4.78, 5) is 20.1. The molecular weight excluding hydrogens is 284 g/mol. The van der Waals surface area contributed by atoms with Crippen molar-refractivity contribution in [1.29, 1.82) is 0 Å². The van der Waals surface area contributed by atoms with E-state index in [1.54, 1.807) is 42.1 Å². The van der Waals surface area contributed by atoms with Crippen molar-refractivity contribution in [2.24, 2.45) is 5.10 Å². The Morgan fingerprint density at radius 1 is 1.29 bits per heavy atom. The van der Waals surface area contributed by atoms with Crippen LogP contribution < -0.4 is 5.43 Å². The van der Waals surface area contributed by atoms with Gasteiger partial charge in [-0.3, -0.25) is 9.78 Å². The van der Waals surface area contributed by atoms with Crippen LogP contribution in [-0.2, 0) is 0 Å². The van der Waals surface area contributed by atoms with Crippen LogP contribution in [0.5, 0.6) is 0 Å². The molecule has 0 aliphatic heterocycles. The molecule has 1 aromatic carbocycles. The number of aromatic nitrogens is 2. The summed E-state index contributed by atoms with van der Waals surface area (Å²) in [6.07, 6.45) is 4.75. The molecule has 21 heavy (non-hydrogen) atoms. The molecule has 0 bridgehead atoms. The fourth-order valence-electron chi connectivity index (χ4n) is 1.87. The number of hydrazone groups is 1. The van der Waals surface area contributed by atoms with Crippen LogP contribution in [0.1, 0.15) is 20.9 Å². The van der Waals surface area contributed by atoms with E-state index in [2.05, 4.69) is 20.5 Å². The van der Waals surface area contributed by atoms with Gasteiger partial charge >= 0.3 is 0 Å². The van der Waals surface area contributed by atoms with Crippen LogP contribution in [0.15, 0.2) is 47.8 Å². The Labute approximate surface area is 125 Å². The second kappa shape index (κ2) is 5.80. The summed E-state index contributed by atoms with van der Waals surface area (Å²) in [7, 11) is 0. The number of thiazole rings is 1. The van der Waals surface area contributed by atoms with E-state index >= 15 is 0 Å². The lowest BCUT2D eigenvalue weighted by Crippen LogP contribution is -2.17. The number of carbonyl (C=O) groups is 1. The summed E-state index contributed by atoms with van der Waals surface area (Å²) < 4.78 is 1.11. The summed E-state index contributed by atoms with van der Waals surface area (Å²) in [6, 6.07) is 9.14. The molecule has 1 amide bonds. The molecule has 0 saturated heterocycles. The van der Waals surface area contributed by atoms with Crippen LogP contribution in [0.2, 0.25) is 0 Å². The van der Waals surface area contributed by atoms with Crippen molar-refractivity contribution in [2.45, 2.75) is 6.92 Å². The van der Waals surface area contributed by atoms with Crippen molar-refractivity contribution in [1.82, 2.24) is 15.4 Å². The monoisotopic (exact) mass is 296 g/mol. The van der Waals surface area contributed by atoms with Crippen molar-refractivity contribution in [2.75, 3.05) is 0 Å². The van der Waals surface area contributed by atoms with E-state index in [0.29, 0.717) is 5.56 Å². The van der Waals surface area contributed by atoms with E-state index in [9.17, 15) is 4.79 Å². The number of benzene rings is 1. The summed E-state index contributed by atoms with van der Waals surface area (Å²) in [5, 5.41) is 5.00. The summed E-state index contributed by atoms with van der Waals surface area (Å²) in [5.74, 6) is -0.261. The maximum atomic E-state index is 11.8. The number of hydrogen-bond acceptors (Lipinski definition) is 5. The molecule has 0 fully saturated rings. The van der Waals surface area contributed by atoms with E-state index in [0.717, 1.165) is 20.8 Å². The normalized spacial score (nSPS) is 11.1. The van der Waals surface area contributed by atoms with Gasteiger partial charge in [0.15, 0.2) is 0 Å². The van der Waals surface area contributed by atoms with Gasteiger partial charge in [-0.15, -0.1) is 11.3 Å². The molecule has 104 valence electrons. The number of pyridine rings is 1. The third-order valence-corrected chi connectivity index (χ3v) is 3.78. The van der Waals surface area contributed by atoms with Gasteiger partial charge < -0.3 is 0 Å². The summed E-state index contributed by atoms with van der Waals surface area (Å²) in [5.41, 5.74) is 4.91. The van der Waals surface area contributed by atoms with E-state index in [-0.39, 0.29) is 5.91 Å². The molecule has 0 aliphatic rings. The zero-order valence-electron chi connectivity index (χ0n) is 11.3. The Morgan fingerprint density at radius 3 is 2.90 bits per heavy atom. The Balaban J connectivity index is 1.71. The van der Waals surface area contributed by atoms with Gasteiger partial charge in [0.1, 0.15) is 0 Å². The number of nitrogens with zero attached hydrogens (tertiary/aromatic N) is 3. The highest BCUT2D eigenvalue weighted by Crippen LogP contribution is 2.21. The minimum Gasteiger partial charge on any atom is -0.267 e. The van der Waals surface area contributed by atoms with Crippen LogP contribution in [0.3, 0.4) is 0 Å². The molecule has 2 heterocycles. The first-order valence-corrected chi connectivity index (χ1v) is 7.15. The number of carbonyl (C=O) groups excluding carboxylic acids is 1. The maximum Gasteiger partial charge on any atom is 0.271 e. The van der Waals surface area contributed by atoms with E-state index < -0.39 is 0 Å². The molecule has 6 heteroatoms. The highest BCUT2D eigenvalue weighted by atomic mass is 32.1. The van der Waals surface area contributed by atoms with Crippen molar-refractivity contribution < 1.29 is 4.79 Å². The molecule has 0 radical (unpaired) electrons. The number of rotatable bonds is 3. The molecule has 0 spiro atoms. The SMILES string of the molecule is Cc1nc2ccc(/C=N/NC(=O)c3ccncc3)cc2s1. The van der Waals surface area contributed by atoms with Crippen LogP contribution >= 0.6 is 11.3 Å². The predicted molar refractivity (Wildman–Crippen MR) is 83.7 cm³/mol. The van der Waals surface area contributed by atoms with Gasteiger partial charge in [0.05, 0.1) is 21.4 Å². The first kappa shape index (κ1) is 13.4. The molecule has 3 rings (SSSR count). The second-order valence-corrected chi connectivity index (χ2v) is 5.63. The standard InChI is InChI=1S/C15H12N4OS/c1-10-18-13-3-2-11(8-14(13)21-10)9-17-19-15(20)12-4-6-16-7-5-12/h2-9H,1H3,(H,19,20)/b17-9+. The van der Waals surface area contributed by atoms with E-state index in [1.165, 1.54) is 0 Å². The van der Waals surface area contributed by atoms with Crippen LogP contribution in [0, 0.1) is 6.92 Å². The minimum absolute atomic E-state index is 0.261. The van der Waals surface area contributed by atoms with Crippen molar-refractivity contribution in [3.8, 4) is 0 Å². The Morgan fingerprint density at radius 2 is 2.10 bits per heavy atom. The Bertz CT molecular complexity index is 811. The van der Waals surface area contributed by atoms with Crippen LogP contribution in [0.4, 0.5) is 0 Å². The van der Waals surface area contributed by atoms with Crippen LogP contribution in [-0.4, -0.2) is 22.1 Å². The first-order valence-electron chi connectivity index (χ1n) is 6.33. The van der Waals surface area contributed by atoms with Crippen molar-refractivity contribution >= 4 is 33.7 Å². The third-order valence-electron chi connectivity index (χ3n) is 2.84. The number of aryl methyl sites for hydroxylation is 1. The van der Waals surface area contributed by atoms with Gasteiger partial charge in [-0.25, -0.2) is 10.4 Å². The molecular formula is C15H12N4OS. The zero-order valence-corrected chi connectivity index (χ0v) is 12.1. The van der Waals surface area contributed by atoms with Gasteiger partial charge in [0.25, 0.3) is 5.91 Å². The number of hydrogen-bond donors (Lipinski definition) is 1. The summed E-state index contributed by atoms with van der Waals surface area (Å²) >= 11 is 1.64. The lowest BCUT2D eigenvalue weighted by molar-refractivity contribution is 0.0955. The lowest BCUT2D eigenvalue weighted by Gasteiger charge is -1.98. The topological polar surface area (TPSA) is 67.2 Å². The van der Waals surface area contributed by atoms with Gasteiger partial charge in [0.2, 0.25) is 0 Å². The van der Waals surface area contributed by atoms with Gasteiger partial charge in [-0.05, 0) is 36.8 Å². The average Bonchev–Trinajstić information content (AvgIpc) is 2.87. The highest BCUT2D eigenvalue weighted by molar-refractivity contribution is 7.18. The van der Waals surface area contributed by atoms with Gasteiger partial charge in [-0.2, -0.15) is 5.10 Å². The molecule has 0 atom stereocenters. The Hall–Kier alpha value is -2.60. The minimum atomic E-state index is -0.261. The van der Waals surface area contributed by atoms with Gasteiger partial charge in [-0.1, -0.05) is 6.07 Å². The molecule has 2 aromatic heterocycles. The second-order valence-electron chi connectivity index (χ2n) is 4.40. The third kappa shape index (κ3) is 3.11. The fraction of sp³-hybridized carbons (Fsp3) is 0.0667. The first-order chi connectivity index (χ1) is 10.2. The smallest absolute Gasteiger partial charge is 0.267 e.